The van der Waals surface area contributed by atoms with E-state index in [1.807, 2.05) is 12.4 Å². The van der Waals surface area contributed by atoms with Crippen molar-refractivity contribution in [3.8, 4) is 0 Å². The molecule has 15 heavy (non-hydrogen) atoms. The summed E-state index contributed by atoms with van der Waals surface area (Å²) in [6.45, 7) is 2.17. The zero-order valence-corrected chi connectivity index (χ0v) is 10.2. The molecule has 1 aromatic heterocycles. The van der Waals surface area contributed by atoms with Crippen LogP contribution >= 0.6 is 11.8 Å². The molecular formula is C12H18N2S. The molecule has 2 unspecified atom stereocenters. The molecule has 2 nitrogen and oxygen atoms in total. The zero-order valence-electron chi connectivity index (χ0n) is 9.36. The summed E-state index contributed by atoms with van der Waals surface area (Å²) in [5.74, 6) is 1.31. The van der Waals surface area contributed by atoms with Crippen molar-refractivity contribution in [1.82, 2.24) is 10.3 Å². The number of nitrogens with one attached hydrogen (secondary N) is 1. The maximum absolute atomic E-state index is 4.24. The van der Waals surface area contributed by atoms with Crippen molar-refractivity contribution < 1.29 is 0 Å². The van der Waals surface area contributed by atoms with Gasteiger partial charge in [-0.25, -0.2) is 0 Å². The normalized spacial score (nSPS) is 22.9. The Bertz CT molecular complexity index is 321. The maximum atomic E-state index is 4.24. The number of pyridine rings is 1. The van der Waals surface area contributed by atoms with Crippen molar-refractivity contribution in [3.63, 3.8) is 0 Å². The predicted octanol–water partition coefficient (Wildman–Crippen LogP) is 2.55. The lowest BCUT2D eigenvalue weighted by molar-refractivity contribution is 0.548. The number of rotatable bonds is 3. The highest BCUT2D eigenvalue weighted by molar-refractivity contribution is 8.00. The van der Waals surface area contributed by atoms with E-state index in [4.69, 9.17) is 0 Å². The van der Waals surface area contributed by atoms with Crippen molar-refractivity contribution in [2.75, 3.05) is 12.8 Å². The summed E-state index contributed by atoms with van der Waals surface area (Å²) >= 11 is 2.09. The van der Waals surface area contributed by atoms with Gasteiger partial charge in [-0.05, 0) is 49.8 Å². The highest BCUT2D eigenvalue weighted by atomic mass is 32.2. The van der Waals surface area contributed by atoms with Gasteiger partial charge in [0.15, 0.2) is 0 Å². The van der Waals surface area contributed by atoms with Gasteiger partial charge in [-0.2, -0.15) is 11.8 Å². The van der Waals surface area contributed by atoms with Crippen molar-refractivity contribution in [3.05, 3.63) is 29.6 Å². The summed E-state index contributed by atoms with van der Waals surface area (Å²) in [5.41, 5.74) is 2.70. The fraction of sp³-hybridized carbons (Fsp3) is 0.583. The first kappa shape index (κ1) is 11.0. The van der Waals surface area contributed by atoms with Gasteiger partial charge in [0.05, 0.1) is 0 Å². The molecule has 2 atom stereocenters. The van der Waals surface area contributed by atoms with Crippen LogP contribution in [-0.4, -0.2) is 23.0 Å². The van der Waals surface area contributed by atoms with Gasteiger partial charge < -0.3 is 5.32 Å². The quantitative estimate of drug-likeness (QED) is 0.850. The lowest BCUT2D eigenvalue weighted by Gasteiger charge is -2.23. The SMILES string of the molecule is CNC(c1cnccc1C)C1CCCS1. The van der Waals surface area contributed by atoms with Gasteiger partial charge in [0.25, 0.3) is 0 Å². The fourth-order valence-electron chi connectivity index (χ4n) is 2.21. The van der Waals surface area contributed by atoms with Crippen molar-refractivity contribution in [1.29, 1.82) is 0 Å². The van der Waals surface area contributed by atoms with Gasteiger partial charge >= 0.3 is 0 Å². The van der Waals surface area contributed by atoms with E-state index in [9.17, 15) is 0 Å². The van der Waals surface area contributed by atoms with Gasteiger partial charge in [-0.3, -0.25) is 4.98 Å². The third kappa shape index (κ3) is 2.34. The molecule has 0 aromatic carbocycles. The van der Waals surface area contributed by atoms with Gasteiger partial charge in [-0.1, -0.05) is 0 Å². The minimum atomic E-state index is 0.464. The van der Waals surface area contributed by atoms with Crippen LogP contribution in [0.3, 0.4) is 0 Å². The number of aryl methyl sites for hydroxylation is 1. The molecule has 0 spiro atoms. The third-order valence-corrected chi connectivity index (χ3v) is 4.52. The molecule has 0 aliphatic carbocycles. The van der Waals surface area contributed by atoms with E-state index in [0.717, 1.165) is 5.25 Å². The first-order valence-corrected chi connectivity index (χ1v) is 6.57. The Balaban J connectivity index is 2.22. The van der Waals surface area contributed by atoms with Crippen LogP contribution < -0.4 is 5.32 Å². The Morgan fingerprint density at radius 3 is 3.07 bits per heavy atom. The zero-order chi connectivity index (χ0) is 10.7. The molecule has 0 bridgehead atoms. The first-order valence-electron chi connectivity index (χ1n) is 5.52. The number of hydrogen-bond donors (Lipinski definition) is 1. The lowest BCUT2D eigenvalue weighted by Crippen LogP contribution is -2.26. The Morgan fingerprint density at radius 1 is 1.60 bits per heavy atom. The number of hydrogen-bond acceptors (Lipinski definition) is 3. The Hall–Kier alpha value is -0.540. The largest absolute Gasteiger partial charge is 0.312 e. The molecule has 1 aliphatic rings. The minimum absolute atomic E-state index is 0.464. The van der Waals surface area contributed by atoms with E-state index in [1.54, 1.807) is 0 Å². The molecule has 3 heteroatoms. The Kier molecular flexibility index (Phi) is 3.65. The number of aromatic nitrogens is 1. The summed E-state index contributed by atoms with van der Waals surface area (Å²) in [6, 6.07) is 2.56. The van der Waals surface area contributed by atoms with Crippen LogP contribution in [0.15, 0.2) is 18.5 Å². The molecule has 1 saturated heterocycles. The smallest absolute Gasteiger partial charge is 0.0456 e. The van der Waals surface area contributed by atoms with Crippen molar-refractivity contribution in [2.24, 2.45) is 0 Å². The number of thioether (sulfide) groups is 1. The molecule has 0 radical (unpaired) electrons. The van der Waals surface area contributed by atoms with E-state index < -0.39 is 0 Å². The lowest BCUT2D eigenvalue weighted by atomic mass is 9.99. The molecule has 82 valence electrons. The van der Waals surface area contributed by atoms with Crippen molar-refractivity contribution >= 4 is 11.8 Å². The van der Waals surface area contributed by atoms with Crippen LogP contribution in [0.1, 0.15) is 30.0 Å². The molecule has 2 heterocycles. The number of nitrogens with zero attached hydrogens (tertiary/aromatic N) is 1. The topological polar surface area (TPSA) is 24.9 Å². The fourth-order valence-corrected chi connectivity index (χ4v) is 3.65. The predicted molar refractivity (Wildman–Crippen MR) is 66.3 cm³/mol. The molecule has 1 aromatic rings. The first-order chi connectivity index (χ1) is 7.33. The average Bonchev–Trinajstić information content (AvgIpc) is 2.75. The van der Waals surface area contributed by atoms with E-state index in [1.165, 1.54) is 29.7 Å². The summed E-state index contributed by atoms with van der Waals surface area (Å²) < 4.78 is 0. The highest BCUT2D eigenvalue weighted by Gasteiger charge is 2.26. The van der Waals surface area contributed by atoms with E-state index in [0.29, 0.717) is 6.04 Å². The van der Waals surface area contributed by atoms with Crippen LogP contribution in [0.4, 0.5) is 0 Å². The maximum Gasteiger partial charge on any atom is 0.0456 e. The average molecular weight is 222 g/mol. The summed E-state index contributed by atoms with van der Waals surface area (Å²) in [6.07, 6.45) is 6.56. The summed E-state index contributed by atoms with van der Waals surface area (Å²) in [5, 5.41) is 4.16. The Morgan fingerprint density at radius 2 is 2.47 bits per heavy atom. The monoisotopic (exact) mass is 222 g/mol. The van der Waals surface area contributed by atoms with Crippen LogP contribution in [0.5, 0.6) is 0 Å². The second-order valence-corrected chi connectivity index (χ2v) is 5.40. The van der Waals surface area contributed by atoms with Crippen LogP contribution in [0.2, 0.25) is 0 Å². The van der Waals surface area contributed by atoms with Gasteiger partial charge in [0.1, 0.15) is 0 Å². The molecule has 2 rings (SSSR count). The summed E-state index contributed by atoms with van der Waals surface area (Å²) in [7, 11) is 2.05. The third-order valence-electron chi connectivity index (χ3n) is 3.06. The molecule has 1 N–H and O–H groups in total. The van der Waals surface area contributed by atoms with E-state index in [-0.39, 0.29) is 0 Å². The standard InChI is InChI=1S/C12H18N2S/c1-9-5-6-14-8-10(9)12(13-2)11-4-3-7-15-11/h5-6,8,11-13H,3-4,7H2,1-2H3. The molecule has 0 amide bonds. The van der Waals surface area contributed by atoms with Crippen LogP contribution in [0, 0.1) is 6.92 Å². The van der Waals surface area contributed by atoms with E-state index >= 15 is 0 Å². The van der Waals surface area contributed by atoms with Gasteiger partial charge in [0.2, 0.25) is 0 Å². The van der Waals surface area contributed by atoms with Crippen molar-refractivity contribution in [2.45, 2.75) is 31.1 Å². The minimum Gasteiger partial charge on any atom is -0.312 e. The molecular weight excluding hydrogens is 204 g/mol. The highest BCUT2D eigenvalue weighted by Crippen LogP contribution is 2.36. The summed E-state index contributed by atoms with van der Waals surface area (Å²) in [4.78, 5) is 4.24. The second-order valence-electron chi connectivity index (χ2n) is 4.05. The van der Waals surface area contributed by atoms with Crippen LogP contribution in [-0.2, 0) is 0 Å². The second kappa shape index (κ2) is 4.99. The molecule has 0 saturated carbocycles. The van der Waals surface area contributed by atoms with E-state index in [2.05, 4.69) is 42.1 Å². The molecule has 1 aliphatic heterocycles. The van der Waals surface area contributed by atoms with Gasteiger partial charge in [0, 0.05) is 23.7 Å². The van der Waals surface area contributed by atoms with Gasteiger partial charge in [-0.15, -0.1) is 0 Å². The Labute approximate surface area is 95.9 Å². The molecule has 1 fully saturated rings. The van der Waals surface area contributed by atoms with Crippen LogP contribution in [0.25, 0.3) is 0 Å².